The smallest absolute Gasteiger partial charge is 0.338 e. The van der Waals surface area contributed by atoms with Crippen molar-refractivity contribution in [3.8, 4) is 0 Å². The molecular weight excluding hydrogens is 444 g/mol. The number of hydrogen-bond donors (Lipinski definition) is 7. The molecule has 12 heteroatoms. The van der Waals surface area contributed by atoms with E-state index in [9.17, 15) is 40.5 Å². The number of hydrogen-bond acceptors (Lipinski definition) is 12. The highest BCUT2D eigenvalue weighted by atomic mass is 16.8. The highest BCUT2D eigenvalue weighted by molar-refractivity contribution is 5.89. The van der Waals surface area contributed by atoms with Crippen LogP contribution in [0.1, 0.15) is 15.9 Å². The molecule has 0 amide bonds. The lowest BCUT2D eigenvalue weighted by molar-refractivity contribution is -0.383. The van der Waals surface area contributed by atoms with Crippen LogP contribution in [0, 0.1) is 0 Å². The number of benzene rings is 1. The Morgan fingerprint density at radius 1 is 0.970 bits per heavy atom. The molecule has 2 heterocycles. The van der Waals surface area contributed by atoms with Gasteiger partial charge in [-0.3, -0.25) is 0 Å². The number of rotatable bonds is 8. The van der Waals surface area contributed by atoms with Crippen LogP contribution in [0.2, 0.25) is 0 Å². The molecule has 0 bridgehead atoms. The number of aliphatic hydroxyl groups excluding tert-OH is 7. The van der Waals surface area contributed by atoms with Crippen molar-refractivity contribution in [3.05, 3.63) is 42.0 Å². The van der Waals surface area contributed by atoms with E-state index in [-0.39, 0.29) is 5.56 Å². The third-order valence-corrected chi connectivity index (χ3v) is 5.64. The lowest BCUT2D eigenvalue weighted by Gasteiger charge is -2.43. The van der Waals surface area contributed by atoms with Crippen molar-refractivity contribution < 1.29 is 59.5 Å². The Kier molecular flexibility index (Phi) is 8.18. The summed E-state index contributed by atoms with van der Waals surface area (Å²) in [7, 11) is 0. The monoisotopic (exact) mass is 472 g/mol. The van der Waals surface area contributed by atoms with Gasteiger partial charge < -0.3 is 54.7 Å². The molecule has 2 aliphatic heterocycles. The summed E-state index contributed by atoms with van der Waals surface area (Å²) in [5.74, 6) is -3.16. The summed E-state index contributed by atoms with van der Waals surface area (Å²) >= 11 is 0. The van der Waals surface area contributed by atoms with E-state index in [4.69, 9.17) is 18.9 Å². The maximum atomic E-state index is 12.5. The molecule has 2 aliphatic rings. The zero-order chi connectivity index (χ0) is 24.3. The predicted octanol–water partition coefficient (Wildman–Crippen LogP) is -2.89. The van der Waals surface area contributed by atoms with E-state index in [0.717, 1.165) is 5.56 Å². The second-order valence-corrected chi connectivity index (χ2v) is 7.80. The SMILES string of the molecule is C=Cc1ccc(C(=O)OC[C@@]2(O[C@H]3O[C@H](CO)[C@@H](O)[C@H](O)[C@H]3O)O[C@H](CO)[C@@H](O)[C@@H]2O)cc1. The van der Waals surface area contributed by atoms with Crippen LogP contribution in [0.5, 0.6) is 0 Å². The molecule has 0 aliphatic carbocycles. The Morgan fingerprint density at radius 2 is 1.61 bits per heavy atom. The van der Waals surface area contributed by atoms with E-state index >= 15 is 0 Å². The Bertz CT molecular complexity index is 814. The van der Waals surface area contributed by atoms with Crippen LogP contribution in [0.3, 0.4) is 0 Å². The van der Waals surface area contributed by atoms with E-state index in [1.54, 1.807) is 18.2 Å². The Labute approximate surface area is 188 Å². The quantitative estimate of drug-likeness (QED) is 0.191. The summed E-state index contributed by atoms with van der Waals surface area (Å²) in [6, 6.07) is 6.19. The van der Waals surface area contributed by atoms with Crippen LogP contribution in [0.15, 0.2) is 30.8 Å². The lowest BCUT2D eigenvalue weighted by atomic mass is 9.99. The van der Waals surface area contributed by atoms with Gasteiger partial charge in [-0.1, -0.05) is 24.8 Å². The molecule has 9 atom stereocenters. The number of carbonyl (C=O) groups is 1. The van der Waals surface area contributed by atoms with E-state index in [1.165, 1.54) is 12.1 Å². The van der Waals surface area contributed by atoms with Crippen molar-refractivity contribution in [1.82, 2.24) is 0 Å². The molecule has 0 unspecified atom stereocenters. The van der Waals surface area contributed by atoms with Crippen molar-refractivity contribution in [1.29, 1.82) is 0 Å². The van der Waals surface area contributed by atoms with Gasteiger partial charge in [0, 0.05) is 0 Å². The summed E-state index contributed by atoms with van der Waals surface area (Å²) < 4.78 is 21.5. The minimum Gasteiger partial charge on any atom is -0.456 e. The first-order chi connectivity index (χ1) is 15.7. The minimum absolute atomic E-state index is 0.148. The summed E-state index contributed by atoms with van der Waals surface area (Å²) in [5, 5.41) is 69.8. The standard InChI is InChI=1S/C21H28O12/c1-2-10-3-5-11(6-4-10)19(29)30-9-21(18(28)15(25)13(8-23)32-21)33-20-17(27)16(26)14(24)12(7-22)31-20/h2-6,12-18,20,22-28H,1,7-9H2/t12-,13-,14-,15-,16+,17-,18+,20-,21+/m1/s1. The zero-order valence-electron chi connectivity index (χ0n) is 17.5. The van der Waals surface area contributed by atoms with E-state index in [2.05, 4.69) is 6.58 Å². The van der Waals surface area contributed by atoms with Gasteiger partial charge in [0.1, 0.15) is 49.3 Å². The molecule has 12 nitrogen and oxygen atoms in total. The van der Waals surface area contributed by atoms with Crippen LogP contribution >= 0.6 is 0 Å². The molecule has 0 radical (unpaired) electrons. The fourth-order valence-electron chi connectivity index (χ4n) is 3.62. The van der Waals surface area contributed by atoms with Crippen molar-refractivity contribution >= 4 is 12.0 Å². The van der Waals surface area contributed by atoms with E-state index in [1.807, 2.05) is 0 Å². The minimum atomic E-state index is -2.32. The third-order valence-electron chi connectivity index (χ3n) is 5.64. The van der Waals surface area contributed by atoms with Crippen LogP contribution in [0.4, 0.5) is 0 Å². The molecule has 0 saturated carbocycles. The van der Waals surface area contributed by atoms with Crippen molar-refractivity contribution in [2.75, 3.05) is 19.8 Å². The van der Waals surface area contributed by atoms with Gasteiger partial charge in [-0.25, -0.2) is 4.79 Å². The molecular formula is C21H28O12. The largest absolute Gasteiger partial charge is 0.456 e. The maximum absolute atomic E-state index is 12.5. The number of carbonyl (C=O) groups excluding carboxylic acids is 1. The Hall–Kier alpha value is -1.97. The maximum Gasteiger partial charge on any atom is 0.338 e. The molecule has 7 N–H and O–H groups in total. The van der Waals surface area contributed by atoms with Crippen molar-refractivity contribution in [2.24, 2.45) is 0 Å². The molecule has 184 valence electrons. The topological polar surface area (TPSA) is 196 Å². The van der Waals surface area contributed by atoms with Crippen LogP contribution < -0.4 is 0 Å². The van der Waals surface area contributed by atoms with Gasteiger partial charge in [0.15, 0.2) is 6.29 Å². The first-order valence-corrected chi connectivity index (χ1v) is 10.2. The molecule has 3 rings (SSSR count). The van der Waals surface area contributed by atoms with Crippen molar-refractivity contribution in [3.63, 3.8) is 0 Å². The fourth-order valence-corrected chi connectivity index (χ4v) is 3.62. The first-order valence-electron chi connectivity index (χ1n) is 10.2. The third kappa shape index (κ3) is 5.10. The summed E-state index contributed by atoms with van der Waals surface area (Å²) in [6.07, 6.45) is -11.7. The van der Waals surface area contributed by atoms with Gasteiger partial charge in [-0.2, -0.15) is 0 Å². The van der Waals surface area contributed by atoms with Gasteiger partial charge in [-0.05, 0) is 17.7 Å². The number of aliphatic hydroxyl groups is 7. The highest BCUT2D eigenvalue weighted by Gasteiger charge is 2.59. The second-order valence-electron chi connectivity index (χ2n) is 7.80. The van der Waals surface area contributed by atoms with Gasteiger partial charge in [-0.15, -0.1) is 0 Å². The molecule has 1 aromatic carbocycles. The zero-order valence-corrected chi connectivity index (χ0v) is 17.5. The van der Waals surface area contributed by atoms with Gasteiger partial charge in [0.2, 0.25) is 5.79 Å². The normalized spacial score (nSPS) is 38.8. The Morgan fingerprint density at radius 3 is 2.15 bits per heavy atom. The van der Waals surface area contributed by atoms with Crippen molar-refractivity contribution in [2.45, 2.75) is 54.8 Å². The molecule has 0 spiro atoms. The van der Waals surface area contributed by atoms with Gasteiger partial charge in [0.25, 0.3) is 0 Å². The van der Waals surface area contributed by atoms with Crippen LogP contribution in [-0.4, -0.2) is 116 Å². The Balaban J connectivity index is 1.81. The summed E-state index contributed by atoms with van der Waals surface area (Å²) in [4.78, 5) is 12.5. The van der Waals surface area contributed by atoms with Crippen LogP contribution in [-0.2, 0) is 18.9 Å². The molecule has 33 heavy (non-hydrogen) atoms. The predicted molar refractivity (Wildman–Crippen MR) is 108 cm³/mol. The van der Waals surface area contributed by atoms with E-state index < -0.39 is 80.6 Å². The average Bonchev–Trinajstić information content (AvgIpc) is 3.07. The molecule has 0 aromatic heterocycles. The highest BCUT2D eigenvalue weighted by Crippen LogP contribution is 2.36. The fraction of sp³-hybridized carbons (Fsp3) is 0.571. The van der Waals surface area contributed by atoms with Gasteiger partial charge >= 0.3 is 5.97 Å². The summed E-state index contributed by atoms with van der Waals surface area (Å²) in [5.41, 5.74) is 0.910. The van der Waals surface area contributed by atoms with Gasteiger partial charge in [0.05, 0.1) is 18.8 Å². The lowest BCUT2D eigenvalue weighted by Crippen LogP contribution is -2.62. The molecule has 1 aromatic rings. The number of ether oxygens (including phenoxy) is 4. The first kappa shape index (κ1) is 25.6. The second kappa shape index (κ2) is 10.5. The molecule has 2 fully saturated rings. The van der Waals surface area contributed by atoms with Crippen LogP contribution in [0.25, 0.3) is 6.08 Å². The molecule has 2 saturated heterocycles. The summed E-state index contributed by atoms with van der Waals surface area (Å²) in [6.45, 7) is 1.34. The number of esters is 1. The average molecular weight is 472 g/mol. The van der Waals surface area contributed by atoms with E-state index in [0.29, 0.717) is 0 Å².